The molecule has 3 atom stereocenters. The molecule has 1 amide bonds. The Kier molecular flexibility index (Phi) is 56.7. The Morgan fingerprint density at radius 3 is 1.19 bits per heavy atom. The van der Waals surface area contributed by atoms with Gasteiger partial charge in [0.2, 0.25) is 5.91 Å². The monoisotopic (exact) mass is 1120 g/mol. The molecule has 78 heavy (non-hydrogen) atoms. The SMILES string of the molecule is CCCCC/C=C\C/C=C\CCCCCCCCCCCC(=O)OC(/C=C/CCCCCCCCCCCC)C(COP(=O)(O)OCC[N+](C)(C)C)NC(=O)CCCCCCCCCCCCC/C=C/CCCCCCCC. The molecule has 0 saturated carbocycles. The Hall–Kier alpha value is -2.03. The van der Waals surface area contributed by atoms with Crippen molar-refractivity contribution >= 4 is 19.7 Å². The number of phosphoric acid groups is 1. The average molecular weight is 1120 g/mol. The van der Waals surface area contributed by atoms with Crippen molar-refractivity contribution in [3.05, 3.63) is 48.6 Å². The smallest absolute Gasteiger partial charge is 0.456 e. The minimum atomic E-state index is -4.45. The number of unbranched alkanes of at least 4 members (excludes halogenated alkanes) is 39. The third kappa shape index (κ3) is 58.6. The van der Waals surface area contributed by atoms with Gasteiger partial charge in [-0.3, -0.25) is 18.6 Å². The van der Waals surface area contributed by atoms with Crippen molar-refractivity contribution in [2.24, 2.45) is 0 Å². The number of likely N-dealkylation sites (N-methyl/N-ethyl adjacent to an activating group) is 1. The van der Waals surface area contributed by atoms with E-state index in [2.05, 4.69) is 62.5 Å². The quantitative estimate of drug-likeness (QED) is 0.0205. The van der Waals surface area contributed by atoms with Gasteiger partial charge in [-0.2, -0.15) is 0 Å². The summed E-state index contributed by atoms with van der Waals surface area (Å²) in [5, 5.41) is 3.07. The number of rotatable bonds is 61. The van der Waals surface area contributed by atoms with Crippen molar-refractivity contribution in [3.8, 4) is 0 Å². The van der Waals surface area contributed by atoms with E-state index in [1.807, 2.05) is 33.3 Å². The minimum Gasteiger partial charge on any atom is -0.456 e. The number of ether oxygens (including phenoxy) is 1. The maximum Gasteiger partial charge on any atom is 0.472 e. The zero-order valence-corrected chi connectivity index (χ0v) is 53.3. The van der Waals surface area contributed by atoms with Gasteiger partial charge in [-0.25, -0.2) is 4.57 Å². The number of allylic oxidation sites excluding steroid dienone is 7. The lowest BCUT2D eigenvalue weighted by atomic mass is 10.0. The highest BCUT2D eigenvalue weighted by Gasteiger charge is 2.30. The summed E-state index contributed by atoms with van der Waals surface area (Å²) in [5.41, 5.74) is 0. The third-order valence-corrected chi connectivity index (χ3v) is 16.0. The van der Waals surface area contributed by atoms with Crippen LogP contribution in [0.1, 0.15) is 323 Å². The van der Waals surface area contributed by atoms with Gasteiger partial charge in [-0.1, -0.05) is 269 Å². The first-order valence-electron chi connectivity index (χ1n) is 33.5. The number of nitrogens with zero attached hydrogens (tertiary/aromatic N) is 1. The lowest BCUT2D eigenvalue weighted by Crippen LogP contribution is -2.47. The van der Waals surface area contributed by atoms with Gasteiger partial charge in [0.1, 0.15) is 19.3 Å². The fraction of sp³-hybridized carbons (Fsp3) is 0.853. The summed E-state index contributed by atoms with van der Waals surface area (Å²) >= 11 is 0. The van der Waals surface area contributed by atoms with Crippen LogP contribution in [0.25, 0.3) is 0 Å². The second-order valence-electron chi connectivity index (χ2n) is 24.0. The molecule has 458 valence electrons. The summed E-state index contributed by atoms with van der Waals surface area (Å²) in [6.07, 6.45) is 72.5. The molecule has 0 aromatic carbocycles. The normalized spacial score (nSPS) is 13.9. The molecule has 0 bridgehead atoms. The van der Waals surface area contributed by atoms with Gasteiger partial charge in [0, 0.05) is 12.8 Å². The Morgan fingerprint density at radius 2 is 0.782 bits per heavy atom. The standard InChI is InChI=1S/C68H129N2O7P/c1-7-10-13-16-19-22-25-28-30-32-34-35-37-38-40-42-45-48-51-54-57-60-67(71)69-65(64-76-78(73,74)75-63-62-70(4,5)6)66(59-56-53-50-47-44-27-24-21-18-15-12-9-3)77-68(72)61-58-55-52-49-46-43-41-39-36-33-31-29-26-23-20-17-14-11-8-2/h20,23,28-31,56,59,65-66H,7-19,21-22,24-27,32-55,57-58,60-64H2,1-6H3,(H-,69,71,73,74)/p+1/b23-20-,30-28+,31-29-,59-56+. The van der Waals surface area contributed by atoms with E-state index in [4.69, 9.17) is 13.8 Å². The van der Waals surface area contributed by atoms with E-state index in [1.165, 1.54) is 225 Å². The Bertz CT molecular complexity index is 1470. The van der Waals surface area contributed by atoms with Gasteiger partial charge < -0.3 is 19.4 Å². The van der Waals surface area contributed by atoms with Crippen LogP contribution >= 0.6 is 7.82 Å². The molecule has 0 aromatic heterocycles. The highest BCUT2D eigenvalue weighted by atomic mass is 31.2. The Balaban J connectivity index is 5.15. The van der Waals surface area contributed by atoms with Crippen LogP contribution in [0.2, 0.25) is 0 Å². The fourth-order valence-corrected chi connectivity index (χ4v) is 10.5. The summed E-state index contributed by atoms with van der Waals surface area (Å²) in [6, 6.07) is -0.850. The second-order valence-corrected chi connectivity index (χ2v) is 25.4. The van der Waals surface area contributed by atoms with E-state index in [0.717, 1.165) is 64.2 Å². The van der Waals surface area contributed by atoms with Crippen LogP contribution in [0.15, 0.2) is 48.6 Å². The summed E-state index contributed by atoms with van der Waals surface area (Å²) in [5.74, 6) is -0.499. The summed E-state index contributed by atoms with van der Waals surface area (Å²) in [4.78, 5) is 37.8. The topological polar surface area (TPSA) is 111 Å². The lowest BCUT2D eigenvalue weighted by Gasteiger charge is -2.27. The molecular formula is C68H130N2O7P+. The van der Waals surface area contributed by atoms with E-state index in [-0.39, 0.29) is 31.5 Å². The highest BCUT2D eigenvalue weighted by molar-refractivity contribution is 7.47. The summed E-state index contributed by atoms with van der Waals surface area (Å²) in [7, 11) is 1.50. The number of nitrogens with one attached hydrogen (secondary N) is 1. The van der Waals surface area contributed by atoms with Gasteiger partial charge >= 0.3 is 13.8 Å². The zero-order chi connectivity index (χ0) is 57.2. The summed E-state index contributed by atoms with van der Waals surface area (Å²) in [6.45, 7) is 7.02. The van der Waals surface area contributed by atoms with E-state index < -0.39 is 20.0 Å². The molecule has 10 heteroatoms. The average Bonchev–Trinajstić information content (AvgIpc) is 3.40. The van der Waals surface area contributed by atoms with Crippen LogP contribution in [-0.4, -0.2) is 74.3 Å². The molecule has 0 aliphatic carbocycles. The molecule has 0 heterocycles. The van der Waals surface area contributed by atoms with Crippen molar-refractivity contribution in [1.29, 1.82) is 0 Å². The fourth-order valence-electron chi connectivity index (χ4n) is 9.79. The van der Waals surface area contributed by atoms with E-state index in [1.54, 1.807) is 0 Å². The van der Waals surface area contributed by atoms with E-state index in [0.29, 0.717) is 17.4 Å². The lowest BCUT2D eigenvalue weighted by molar-refractivity contribution is -0.870. The van der Waals surface area contributed by atoms with E-state index >= 15 is 0 Å². The van der Waals surface area contributed by atoms with Crippen molar-refractivity contribution in [2.45, 2.75) is 335 Å². The molecule has 0 spiro atoms. The van der Waals surface area contributed by atoms with Gasteiger partial charge in [0.25, 0.3) is 0 Å². The number of hydrogen-bond acceptors (Lipinski definition) is 6. The molecule has 3 unspecified atom stereocenters. The number of amides is 1. The number of carbonyl (C=O) groups excluding carboxylic acids is 2. The van der Waals surface area contributed by atoms with Crippen molar-refractivity contribution in [2.75, 3.05) is 40.9 Å². The number of phosphoric ester groups is 1. The number of esters is 1. The maximum absolute atomic E-state index is 13.6. The Morgan fingerprint density at radius 1 is 0.449 bits per heavy atom. The molecule has 9 nitrogen and oxygen atoms in total. The minimum absolute atomic E-state index is 0.0402. The van der Waals surface area contributed by atoms with Crippen LogP contribution in [0.5, 0.6) is 0 Å². The number of quaternary nitrogens is 1. The first-order chi connectivity index (χ1) is 37.9. The number of hydrogen-bond donors (Lipinski definition) is 2. The molecular weight excluding hydrogens is 988 g/mol. The third-order valence-electron chi connectivity index (χ3n) is 15.0. The summed E-state index contributed by atoms with van der Waals surface area (Å²) < 4.78 is 30.8. The Labute approximate surface area is 484 Å². The van der Waals surface area contributed by atoms with E-state index in [9.17, 15) is 19.0 Å². The molecule has 0 aliphatic rings. The maximum atomic E-state index is 13.6. The van der Waals surface area contributed by atoms with Crippen LogP contribution in [0, 0.1) is 0 Å². The largest absolute Gasteiger partial charge is 0.472 e. The predicted octanol–water partition coefficient (Wildman–Crippen LogP) is 20.8. The van der Waals surface area contributed by atoms with Gasteiger partial charge in [0.05, 0.1) is 33.8 Å². The van der Waals surface area contributed by atoms with Crippen molar-refractivity contribution < 1.29 is 37.3 Å². The first-order valence-corrected chi connectivity index (χ1v) is 35.0. The highest BCUT2D eigenvalue weighted by Crippen LogP contribution is 2.43. The zero-order valence-electron chi connectivity index (χ0n) is 52.4. The molecule has 2 N–H and O–H groups in total. The first kappa shape index (κ1) is 76.0. The molecule has 0 rings (SSSR count). The number of carbonyl (C=O) groups is 2. The second kappa shape index (κ2) is 58.2. The molecule has 0 saturated heterocycles. The van der Waals surface area contributed by atoms with Crippen LogP contribution in [0.3, 0.4) is 0 Å². The van der Waals surface area contributed by atoms with Crippen LogP contribution in [0.4, 0.5) is 0 Å². The molecule has 0 radical (unpaired) electrons. The van der Waals surface area contributed by atoms with Crippen molar-refractivity contribution in [1.82, 2.24) is 5.32 Å². The predicted molar refractivity (Wildman–Crippen MR) is 337 cm³/mol. The molecule has 0 aromatic rings. The van der Waals surface area contributed by atoms with Gasteiger partial charge in [-0.05, 0) is 89.5 Å². The van der Waals surface area contributed by atoms with Gasteiger partial charge in [0.15, 0.2) is 0 Å². The van der Waals surface area contributed by atoms with Gasteiger partial charge in [-0.15, -0.1) is 0 Å². The van der Waals surface area contributed by atoms with Crippen LogP contribution < -0.4 is 5.32 Å². The van der Waals surface area contributed by atoms with Crippen molar-refractivity contribution in [3.63, 3.8) is 0 Å². The van der Waals surface area contributed by atoms with Crippen LogP contribution in [-0.2, 0) is 27.9 Å². The molecule has 0 fully saturated rings. The molecule has 0 aliphatic heterocycles.